The number of hydrogen-bond donors (Lipinski definition) is 0. The second-order valence-electron chi connectivity index (χ2n) is 10.0. The van der Waals surface area contributed by atoms with Gasteiger partial charge in [0, 0.05) is 31.2 Å². The highest BCUT2D eigenvalue weighted by Crippen LogP contribution is 2.39. The molecule has 0 bridgehead atoms. The van der Waals surface area contributed by atoms with Crippen LogP contribution in [0.2, 0.25) is 5.02 Å². The molecule has 1 aromatic heterocycles. The van der Waals surface area contributed by atoms with Crippen molar-refractivity contribution in [2.24, 2.45) is 0 Å². The van der Waals surface area contributed by atoms with Crippen molar-refractivity contribution in [3.63, 3.8) is 0 Å². The monoisotopic (exact) mass is 480 g/mol. The fraction of sp³-hybridized carbons (Fsp3) is 0.407. The average Bonchev–Trinajstić information content (AvgIpc) is 3.10. The lowest BCUT2D eigenvalue weighted by molar-refractivity contribution is 0.0314. The largest absolute Gasteiger partial charge is 0.450 e. The summed E-state index contributed by atoms with van der Waals surface area (Å²) in [5, 5.41) is 0.852. The van der Waals surface area contributed by atoms with Gasteiger partial charge >= 0.3 is 0 Å². The zero-order chi connectivity index (χ0) is 24.0. The summed E-state index contributed by atoms with van der Waals surface area (Å²) in [6.07, 6.45) is 0. The van der Waals surface area contributed by atoms with Gasteiger partial charge in [-0.2, -0.15) is 0 Å². The summed E-state index contributed by atoms with van der Waals surface area (Å²) in [7, 11) is 0. The number of benzene rings is 2. The van der Waals surface area contributed by atoms with E-state index >= 15 is 0 Å². The third-order valence-electron chi connectivity index (χ3n) is 6.78. The molecular formula is C27H29ClN2O4. The van der Waals surface area contributed by atoms with Crippen LogP contribution in [0.15, 0.2) is 51.7 Å². The predicted octanol–water partition coefficient (Wildman–Crippen LogP) is 4.62. The molecule has 1 fully saturated rings. The number of hydrogen-bond acceptors (Lipinski definition) is 5. The van der Waals surface area contributed by atoms with Crippen LogP contribution >= 0.6 is 11.6 Å². The van der Waals surface area contributed by atoms with Gasteiger partial charge in [0.25, 0.3) is 5.91 Å². The Morgan fingerprint density at radius 2 is 1.71 bits per heavy atom. The molecule has 3 heterocycles. The van der Waals surface area contributed by atoms with Crippen molar-refractivity contribution < 1.29 is 13.9 Å². The summed E-state index contributed by atoms with van der Waals surface area (Å²) >= 11 is 6.17. The van der Waals surface area contributed by atoms with Crippen LogP contribution in [0.1, 0.15) is 54.1 Å². The van der Waals surface area contributed by atoms with Crippen molar-refractivity contribution in [1.82, 2.24) is 9.80 Å². The van der Waals surface area contributed by atoms with Gasteiger partial charge in [0.15, 0.2) is 5.43 Å². The second-order valence-corrected chi connectivity index (χ2v) is 10.5. The molecule has 0 radical (unpaired) electrons. The normalized spacial score (nSPS) is 19.1. The standard InChI is InChI=1S/C27H29ClN2O4/c1-27(2,3)18-6-4-17(5-7-18)23-22-24(31)20-16-19(28)8-9-21(20)34-25(22)26(32)30(23)11-10-29-12-14-33-15-13-29/h4-9,16,23H,10-15H2,1-3H3. The second kappa shape index (κ2) is 8.84. The van der Waals surface area contributed by atoms with Crippen LogP contribution in [-0.4, -0.2) is 55.1 Å². The van der Waals surface area contributed by atoms with Crippen molar-refractivity contribution in [3.8, 4) is 0 Å². The quantitative estimate of drug-likeness (QED) is 0.545. The molecule has 34 heavy (non-hydrogen) atoms. The van der Waals surface area contributed by atoms with Gasteiger partial charge in [-0.3, -0.25) is 14.5 Å². The van der Waals surface area contributed by atoms with Crippen LogP contribution in [-0.2, 0) is 10.2 Å². The number of nitrogens with zero attached hydrogens (tertiary/aromatic N) is 2. The van der Waals surface area contributed by atoms with Crippen LogP contribution in [0, 0.1) is 0 Å². The van der Waals surface area contributed by atoms with Crippen molar-refractivity contribution in [3.05, 3.63) is 80.2 Å². The molecule has 1 amide bonds. The molecule has 178 valence electrons. The lowest BCUT2D eigenvalue weighted by Gasteiger charge is -2.31. The topological polar surface area (TPSA) is 63.0 Å². The minimum Gasteiger partial charge on any atom is -0.450 e. The van der Waals surface area contributed by atoms with Gasteiger partial charge in [-0.05, 0) is 34.7 Å². The van der Waals surface area contributed by atoms with E-state index in [4.69, 9.17) is 20.8 Å². The summed E-state index contributed by atoms with van der Waals surface area (Å²) in [5.41, 5.74) is 2.66. The third kappa shape index (κ3) is 4.15. The Labute approximate surface area is 204 Å². The van der Waals surface area contributed by atoms with Gasteiger partial charge in [0.1, 0.15) is 5.58 Å². The summed E-state index contributed by atoms with van der Waals surface area (Å²) in [6.45, 7) is 10.7. The average molecular weight is 481 g/mol. The Bertz CT molecular complexity index is 1290. The number of rotatable bonds is 4. The molecule has 7 heteroatoms. The van der Waals surface area contributed by atoms with Gasteiger partial charge in [0.2, 0.25) is 5.76 Å². The molecule has 5 rings (SSSR count). The molecule has 0 spiro atoms. The maximum Gasteiger partial charge on any atom is 0.290 e. The van der Waals surface area contributed by atoms with Crippen LogP contribution in [0.25, 0.3) is 11.0 Å². The van der Waals surface area contributed by atoms with E-state index in [-0.39, 0.29) is 22.5 Å². The smallest absolute Gasteiger partial charge is 0.290 e. The third-order valence-corrected chi connectivity index (χ3v) is 7.02. The number of amides is 1. The molecule has 1 unspecified atom stereocenters. The molecule has 6 nitrogen and oxygen atoms in total. The first-order valence-electron chi connectivity index (χ1n) is 11.7. The molecular weight excluding hydrogens is 452 g/mol. The van der Waals surface area contributed by atoms with Crippen LogP contribution in [0.5, 0.6) is 0 Å². The van der Waals surface area contributed by atoms with Crippen molar-refractivity contribution in [2.75, 3.05) is 39.4 Å². The minimum atomic E-state index is -0.503. The summed E-state index contributed by atoms with van der Waals surface area (Å²) in [4.78, 5) is 31.3. The molecule has 2 aromatic carbocycles. The maximum atomic E-state index is 13.7. The fourth-order valence-electron chi connectivity index (χ4n) is 4.81. The molecule has 0 saturated carbocycles. The van der Waals surface area contributed by atoms with E-state index in [0.717, 1.165) is 18.7 Å². The Kier molecular flexibility index (Phi) is 6.00. The zero-order valence-corrected chi connectivity index (χ0v) is 20.5. The molecule has 1 atom stereocenters. The Morgan fingerprint density at radius 3 is 2.38 bits per heavy atom. The van der Waals surface area contributed by atoms with E-state index in [1.165, 1.54) is 5.56 Å². The Morgan fingerprint density at radius 1 is 1.00 bits per heavy atom. The minimum absolute atomic E-state index is 0.00390. The lowest BCUT2D eigenvalue weighted by atomic mass is 9.86. The fourth-order valence-corrected chi connectivity index (χ4v) is 4.98. The number of carbonyl (C=O) groups is 1. The number of ether oxygens (including phenoxy) is 1. The highest BCUT2D eigenvalue weighted by atomic mass is 35.5. The summed E-state index contributed by atoms with van der Waals surface area (Å²) in [5.74, 6) is -0.117. The van der Waals surface area contributed by atoms with Crippen molar-refractivity contribution in [1.29, 1.82) is 0 Å². The maximum absolute atomic E-state index is 13.7. The van der Waals surface area contributed by atoms with Gasteiger partial charge in [-0.15, -0.1) is 0 Å². The Hall–Kier alpha value is -2.67. The van der Waals surface area contributed by atoms with E-state index in [1.807, 2.05) is 12.1 Å². The first kappa shape index (κ1) is 23.1. The molecule has 0 N–H and O–H groups in total. The first-order valence-corrected chi connectivity index (χ1v) is 12.1. The molecule has 0 aliphatic carbocycles. The number of fused-ring (bicyclic) bond motifs is 2. The van der Waals surface area contributed by atoms with E-state index in [2.05, 4.69) is 37.8 Å². The molecule has 2 aliphatic rings. The predicted molar refractivity (Wildman–Crippen MR) is 133 cm³/mol. The van der Waals surface area contributed by atoms with Gasteiger partial charge in [0.05, 0.1) is 30.2 Å². The number of halogens is 1. The van der Waals surface area contributed by atoms with E-state index in [0.29, 0.717) is 47.9 Å². The molecule has 1 saturated heterocycles. The molecule has 2 aliphatic heterocycles. The number of carbonyl (C=O) groups excluding carboxylic acids is 1. The van der Waals surface area contributed by atoms with Crippen molar-refractivity contribution >= 4 is 28.5 Å². The van der Waals surface area contributed by atoms with Crippen LogP contribution < -0.4 is 5.43 Å². The first-order chi connectivity index (χ1) is 16.2. The van der Waals surface area contributed by atoms with E-state index in [1.54, 1.807) is 23.1 Å². The lowest BCUT2D eigenvalue weighted by Crippen LogP contribution is -2.42. The highest BCUT2D eigenvalue weighted by Gasteiger charge is 2.42. The van der Waals surface area contributed by atoms with Gasteiger partial charge < -0.3 is 14.1 Å². The van der Waals surface area contributed by atoms with Crippen molar-refractivity contribution in [2.45, 2.75) is 32.2 Å². The summed E-state index contributed by atoms with van der Waals surface area (Å²) < 4.78 is 11.5. The summed E-state index contributed by atoms with van der Waals surface area (Å²) in [6, 6.07) is 12.6. The van der Waals surface area contributed by atoms with Crippen LogP contribution in [0.4, 0.5) is 0 Å². The van der Waals surface area contributed by atoms with E-state index in [9.17, 15) is 9.59 Å². The van der Waals surface area contributed by atoms with Gasteiger partial charge in [-0.25, -0.2) is 0 Å². The Balaban J connectivity index is 1.60. The SMILES string of the molecule is CC(C)(C)c1ccc(C2c3c(oc4ccc(Cl)cc4c3=O)C(=O)N2CCN2CCOCC2)cc1. The zero-order valence-electron chi connectivity index (χ0n) is 19.8. The van der Waals surface area contributed by atoms with Gasteiger partial charge in [-0.1, -0.05) is 56.6 Å². The van der Waals surface area contributed by atoms with E-state index < -0.39 is 6.04 Å². The van der Waals surface area contributed by atoms with Crippen LogP contribution in [0.3, 0.4) is 0 Å². The highest BCUT2D eigenvalue weighted by molar-refractivity contribution is 6.31. The number of morpholine rings is 1. The molecule has 3 aromatic rings.